The van der Waals surface area contributed by atoms with Crippen molar-refractivity contribution in [3.05, 3.63) is 93.7 Å². The summed E-state index contributed by atoms with van der Waals surface area (Å²) in [5.74, 6) is 0.351. The van der Waals surface area contributed by atoms with Crippen LogP contribution in [0.3, 0.4) is 0 Å². The lowest BCUT2D eigenvalue weighted by Crippen LogP contribution is -2.21. The van der Waals surface area contributed by atoms with Crippen LogP contribution in [0.5, 0.6) is 5.75 Å². The first-order chi connectivity index (χ1) is 15.8. The Kier molecular flexibility index (Phi) is 6.65. The second-order valence-electron chi connectivity index (χ2n) is 8.17. The summed E-state index contributed by atoms with van der Waals surface area (Å²) in [7, 11) is 0. The molecule has 0 saturated heterocycles. The molecule has 1 amide bonds. The normalized spacial score (nSPS) is 11.1. The molecule has 1 aromatic heterocycles. The summed E-state index contributed by atoms with van der Waals surface area (Å²) in [6.45, 7) is 5.95. The quantitative estimate of drug-likeness (QED) is 0.278. The Hall–Kier alpha value is -3.38. The second kappa shape index (κ2) is 9.63. The largest absolute Gasteiger partial charge is 0.483 e. The fraction of sp³-hybridized carbons (Fsp3) is 0.185. The van der Waals surface area contributed by atoms with E-state index >= 15 is 0 Å². The van der Waals surface area contributed by atoms with Gasteiger partial charge in [0.2, 0.25) is 5.78 Å². The number of benzene rings is 3. The Morgan fingerprint density at radius 3 is 2.48 bits per heavy atom. The molecule has 0 radical (unpaired) electrons. The number of fused-ring (bicyclic) bond motifs is 1. The van der Waals surface area contributed by atoms with E-state index in [9.17, 15) is 9.59 Å². The van der Waals surface area contributed by atoms with E-state index in [4.69, 9.17) is 9.15 Å². The van der Waals surface area contributed by atoms with Gasteiger partial charge < -0.3 is 14.5 Å². The molecule has 168 valence electrons. The van der Waals surface area contributed by atoms with Crippen LogP contribution in [0, 0.1) is 6.92 Å². The number of aryl methyl sites for hydroxylation is 1. The van der Waals surface area contributed by atoms with E-state index < -0.39 is 0 Å². The third-order valence-corrected chi connectivity index (χ3v) is 5.85. The first-order valence-electron chi connectivity index (χ1n) is 10.7. The minimum Gasteiger partial charge on any atom is -0.483 e. The van der Waals surface area contributed by atoms with Crippen LogP contribution in [0.4, 0.5) is 5.69 Å². The first-order valence-corrected chi connectivity index (χ1v) is 11.5. The highest BCUT2D eigenvalue weighted by molar-refractivity contribution is 9.10. The molecule has 1 N–H and O–H groups in total. The van der Waals surface area contributed by atoms with Crippen molar-refractivity contribution >= 4 is 44.3 Å². The van der Waals surface area contributed by atoms with Crippen LogP contribution >= 0.6 is 15.9 Å². The number of halogens is 1. The van der Waals surface area contributed by atoms with Crippen molar-refractivity contribution in [1.29, 1.82) is 0 Å². The average molecular weight is 506 g/mol. The Labute approximate surface area is 200 Å². The van der Waals surface area contributed by atoms with Gasteiger partial charge in [0.15, 0.2) is 12.4 Å². The van der Waals surface area contributed by atoms with E-state index in [-0.39, 0.29) is 30.0 Å². The Morgan fingerprint density at radius 1 is 1.03 bits per heavy atom. The fourth-order valence-corrected chi connectivity index (χ4v) is 3.89. The number of carbonyl (C=O) groups excluding carboxylic acids is 2. The maximum Gasteiger partial charge on any atom is 0.262 e. The van der Waals surface area contributed by atoms with Crippen molar-refractivity contribution < 1.29 is 18.7 Å². The van der Waals surface area contributed by atoms with Crippen LogP contribution in [-0.2, 0) is 4.79 Å². The van der Waals surface area contributed by atoms with Crippen molar-refractivity contribution in [2.75, 3.05) is 11.9 Å². The van der Waals surface area contributed by atoms with Crippen LogP contribution in [-0.4, -0.2) is 18.3 Å². The van der Waals surface area contributed by atoms with Gasteiger partial charge in [0.05, 0.1) is 5.69 Å². The van der Waals surface area contributed by atoms with Gasteiger partial charge in [-0.3, -0.25) is 9.59 Å². The van der Waals surface area contributed by atoms with Crippen molar-refractivity contribution in [2.24, 2.45) is 0 Å². The number of rotatable bonds is 7. The van der Waals surface area contributed by atoms with Gasteiger partial charge in [-0.05, 0) is 66.4 Å². The molecule has 6 heteroatoms. The summed E-state index contributed by atoms with van der Waals surface area (Å²) in [4.78, 5) is 26.0. The molecular weight excluding hydrogens is 482 g/mol. The number of anilines is 1. The van der Waals surface area contributed by atoms with E-state index in [2.05, 4.69) is 35.1 Å². The molecule has 0 fully saturated rings. The predicted molar refractivity (Wildman–Crippen MR) is 133 cm³/mol. The number of amides is 1. The highest BCUT2D eigenvalue weighted by Gasteiger charge is 2.23. The number of hydrogen-bond acceptors (Lipinski definition) is 4. The Bertz CT molecular complexity index is 1320. The number of para-hydroxylation sites is 1. The zero-order valence-electron chi connectivity index (χ0n) is 18.6. The first kappa shape index (κ1) is 22.8. The topological polar surface area (TPSA) is 68.5 Å². The lowest BCUT2D eigenvalue weighted by atomic mass is 10.0. The summed E-state index contributed by atoms with van der Waals surface area (Å²) >= 11 is 3.38. The highest BCUT2D eigenvalue weighted by Crippen LogP contribution is 2.33. The Morgan fingerprint density at radius 2 is 1.76 bits per heavy atom. The van der Waals surface area contributed by atoms with Crippen LogP contribution in [0.1, 0.15) is 47.0 Å². The van der Waals surface area contributed by atoms with Crippen molar-refractivity contribution in [3.63, 3.8) is 0 Å². The lowest BCUT2D eigenvalue weighted by molar-refractivity contribution is -0.118. The van der Waals surface area contributed by atoms with Gasteiger partial charge in [-0.25, -0.2) is 0 Å². The van der Waals surface area contributed by atoms with E-state index in [1.165, 1.54) is 0 Å². The number of ketones is 1. The molecule has 0 unspecified atom stereocenters. The van der Waals surface area contributed by atoms with Crippen LogP contribution in [0.2, 0.25) is 0 Å². The highest BCUT2D eigenvalue weighted by atomic mass is 79.9. The summed E-state index contributed by atoms with van der Waals surface area (Å²) < 4.78 is 12.6. The summed E-state index contributed by atoms with van der Waals surface area (Å²) in [5.41, 5.74) is 3.42. The van der Waals surface area contributed by atoms with Crippen molar-refractivity contribution in [2.45, 2.75) is 26.7 Å². The van der Waals surface area contributed by atoms with Gasteiger partial charge in [-0.15, -0.1) is 0 Å². The van der Waals surface area contributed by atoms with Crippen LogP contribution in [0.15, 0.2) is 75.6 Å². The van der Waals surface area contributed by atoms with E-state index in [1.807, 2.05) is 43.3 Å². The van der Waals surface area contributed by atoms with Crippen LogP contribution < -0.4 is 10.1 Å². The second-order valence-corrected chi connectivity index (χ2v) is 9.09. The zero-order chi connectivity index (χ0) is 23.5. The molecule has 0 bridgehead atoms. The Balaban J connectivity index is 1.60. The van der Waals surface area contributed by atoms with E-state index in [1.54, 1.807) is 30.3 Å². The van der Waals surface area contributed by atoms with Crippen molar-refractivity contribution in [3.8, 4) is 5.75 Å². The van der Waals surface area contributed by atoms with Gasteiger partial charge in [-0.2, -0.15) is 0 Å². The molecule has 4 rings (SSSR count). The van der Waals surface area contributed by atoms with Gasteiger partial charge in [0.25, 0.3) is 5.91 Å². The SMILES string of the molecule is Cc1ccc(C(C)C)c(OCC(=O)Nc2c(C(=O)c3ccc(Br)cc3)oc3ccccc23)c1. The molecule has 0 aliphatic heterocycles. The zero-order valence-corrected chi connectivity index (χ0v) is 20.2. The predicted octanol–water partition coefficient (Wildman–Crippen LogP) is 6.88. The third-order valence-electron chi connectivity index (χ3n) is 5.32. The molecule has 0 atom stereocenters. The minimum absolute atomic E-state index is 0.0882. The summed E-state index contributed by atoms with van der Waals surface area (Å²) in [6.07, 6.45) is 0. The average Bonchev–Trinajstić information content (AvgIpc) is 3.16. The molecule has 5 nitrogen and oxygen atoms in total. The fourth-order valence-electron chi connectivity index (χ4n) is 3.62. The third kappa shape index (κ3) is 5.01. The maximum atomic E-state index is 13.2. The number of nitrogens with one attached hydrogen (secondary N) is 1. The van der Waals surface area contributed by atoms with Crippen molar-refractivity contribution in [1.82, 2.24) is 0 Å². The van der Waals surface area contributed by atoms with E-state index in [0.29, 0.717) is 28.0 Å². The maximum absolute atomic E-state index is 13.2. The van der Waals surface area contributed by atoms with Gasteiger partial charge in [-0.1, -0.05) is 54.0 Å². The number of ether oxygens (including phenoxy) is 1. The minimum atomic E-state index is -0.373. The molecule has 0 aliphatic carbocycles. The number of hydrogen-bond donors (Lipinski definition) is 1. The lowest BCUT2D eigenvalue weighted by Gasteiger charge is -2.15. The molecule has 0 saturated carbocycles. The summed E-state index contributed by atoms with van der Waals surface area (Å²) in [5, 5.41) is 3.50. The standard InChI is InChI=1S/C27H24BrNO4/c1-16(2)20-13-8-17(3)14-23(20)32-15-24(30)29-25-21-6-4-5-7-22(21)33-27(25)26(31)18-9-11-19(28)12-10-18/h4-14,16H,15H2,1-3H3,(H,29,30). The molecular formula is C27H24BrNO4. The summed E-state index contributed by atoms with van der Waals surface area (Å²) in [6, 6.07) is 20.2. The molecule has 0 spiro atoms. The molecule has 4 aromatic rings. The molecule has 1 heterocycles. The van der Waals surface area contributed by atoms with Gasteiger partial charge >= 0.3 is 0 Å². The molecule has 3 aromatic carbocycles. The number of carbonyl (C=O) groups is 2. The number of furan rings is 1. The molecule has 33 heavy (non-hydrogen) atoms. The smallest absolute Gasteiger partial charge is 0.262 e. The van der Waals surface area contributed by atoms with Crippen LogP contribution in [0.25, 0.3) is 11.0 Å². The van der Waals surface area contributed by atoms with Gasteiger partial charge in [0.1, 0.15) is 11.3 Å². The molecule has 0 aliphatic rings. The van der Waals surface area contributed by atoms with E-state index in [0.717, 1.165) is 15.6 Å². The monoisotopic (exact) mass is 505 g/mol. The van der Waals surface area contributed by atoms with Gasteiger partial charge in [0, 0.05) is 15.4 Å².